The van der Waals surface area contributed by atoms with Crippen LogP contribution in [0.3, 0.4) is 0 Å². The molecule has 4 nitrogen and oxygen atoms in total. The average Bonchev–Trinajstić information content (AvgIpc) is 2.81. The second-order valence-corrected chi connectivity index (χ2v) is 5.30. The summed E-state index contributed by atoms with van der Waals surface area (Å²) < 4.78 is 5.85. The highest BCUT2D eigenvalue weighted by molar-refractivity contribution is 6.20. The Hall–Kier alpha value is -2.62. The summed E-state index contributed by atoms with van der Waals surface area (Å²) in [6.45, 7) is 0. The van der Waals surface area contributed by atoms with Gasteiger partial charge in [-0.05, 0) is 41.8 Å². The van der Waals surface area contributed by atoms with Crippen molar-refractivity contribution < 1.29 is 14.3 Å². The molecule has 0 bridgehead atoms. The van der Waals surface area contributed by atoms with E-state index in [4.69, 9.17) is 4.74 Å². The summed E-state index contributed by atoms with van der Waals surface area (Å²) in [5, 5.41) is 0. The standard InChI is InChI=1S/C17H13NO3/c19-15-7-6-11-8-14(21-13-4-2-1-3-5-13)9-12-10-16(20)18(15)17(11)12/h1-5,8-9H,6-7,10H2. The van der Waals surface area contributed by atoms with Crippen molar-refractivity contribution in [3.63, 3.8) is 0 Å². The zero-order chi connectivity index (χ0) is 14.4. The lowest BCUT2D eigenvalue weighted by Crippen LogP contribution is -2.36. The summed E-state index contributed by atoms with van der Waals surface area (Å²) >= 11 is 0. The third-order valence-corrected chi connectivity index (χ3v) is 3.89. The smallest absolute Gasteiger partial charge is 0.238 e. The molecule has 4 rings (SSSR count). The van der Waals surface area contributed by atoms with Gasteiger partial charge in [-0.15, -0.1) is 0 Å². The van der Waals surface area contributed by atoms with Crippen molar-refractivity contribution in [1.82, 2.24) is 0 Å². The van der Waals surface area contributed by atoms with Gasteiger partial charge in [0.25, 0.3) is 0 Å². The number of rotatable bonds is 2. The van der Waals surface area contributed by atoms with Crippen molar-refractivity contribution >= 4 is 17.5 Å². The Morgan fingerprint density at radius 2 is 1.62 bits per heavy atom. The summed E-state index contributed by atoms with van der Waals surface area (Å²) in [5.74, 6) is 1.26. The summed E-state index contributed by atoms with van der Waals surface area (Å²) in [4.78, 5) is 25.2. The van der Waals surface area contributed by atoms with Gasteiger partial charge in [0.2, 0.25) is 11.8 Å². The molecule has 0 saturated carbocycles. The second-order valence-electron chi connectivity index (χ2n) is 5.30. The van der Waals surface area contributed by atoms with E-state index in [2.05, 4.69) is 0 Å². The number of benzene rings is 2. The van der Waals surface area contributed by atoms with Crippen molar-refractivity contribution in [3.05, 3.63) is 53.6 Å². The lowest BCUT2D eigenvalue weighted by Gasteiger charge is -2.24. The molecule has 0 radical (unpaired) electrons. The Labute approximate surface area is 121 Å². The van der Waals surface area contributed by atoms with Gasteiger partial charge in [-0.3, -0.25) is 9.59 Å². The molecule has 2 aliphatic rings. The number of carbonyl (C=O) groups excluding carboxylic acids is 2. The van der Waals surface area contributed by atoms with Crippen LogP contribution in [0.15, 0.2) is 42.5 Å². The molecule has 2 heterocycles. The molecule has 2 amide bonds. The fourth-order valence-electron chi connectivity index (χ4n) is 3.01. The highest BCUT2D eigenvalue weighted by Gasteiger charge is 2.37. The van der Waals surface area contributed by atoms with E-state index in [1.54, 1.807) is 0 Å². The van der Waals surface area contributed by atoms with Crippen LogP contribution in [0.25, 0.3) is 0 Å². The fourth-order valence-corrected chi connectivity index (χ4v) is 3.01. The molecule has 0 saturated heterocycles. The number of carbonyl (C=O) groups is 2. The largest absolute Gasteiger partial charge is 0.457 e. The lowest BCUT2D eigenvalue weighted by atomic mass is 9.99. The van der Waals surface area contributed by atoms with Crippen molar-refractivity contribution in [3.8, 4) is 11.5 Å². The summed E-state index contributed by atoms with van der Waals surface area (Å²) in [5.41, 5.74) is 2.69. The van der Waals surface area contributed by atoms with E-state index in [1.807, 2.05) is 42.5 Å². The topological polar surface area (TPSA) is 46.6 Å². The van der Waals surface area contributed by atoms with Crippen molar-refractivity contribution in [2.24, 2.45) is 0 Å². The van der Waals surface area contributed by atoms with E-state index in [-0.39, 0.29) is 18.2 Å². The predicted molar refractivity (Wildman–Crippen MR) is 77.5 cm³/mol. The molecular weight excluding hydrogens is 266 g/mol. The van der Waals surface area contributed by atoms with Gasteiger partial charge < -0.3 is 4.74 Å². The Bertz CT molecular complexity index is 752. The van der Waals surface area contributed by atoms with Crippen LogP contribution in [0.4, 0.5) is 5.69 Å². The van der Waals surface area contributed by atoms with Gasteiger partial charge in [0, 0.05) is 6.42 Å². The van der Waals surface area contributed by atoms with E-state index in [0.717, 1.165) is 28.3 Å². The summed E-state index contributed by atoms with van der Waals surface area (Å²) in [7, 11) is 0. The van der Waals surface area contributed by atoms with Crippen LogP contribution >= 0.6 is 0 Å². The van der Waals surface area contributed by atoms with Gasteiger partial charge in [0.15, 0.2) is 0 Å². The molecule has 0 atom stereocenters. The van der Waals surface area contributed by atoms with E-state index in [9.17, 15) is 9.59 Å². The number of anilines is 1. The minimum atomic E-state index is -0.132. The zero-order valence-corrected chi connectivity index (χ0v) is 11.3. The van der Waals surface area contributed by atoms with Crippen LogP contribution in [0.2, 0.25) is 0 Å². The first kappa shape index (κ1) is 12.1. The van der Waals surface area contributed by atoms with E-state index in [1.165, 1.54) is 4.90 Å². The molecule has 2 aromatic rings. The second kappa shape index (κ2) is 4.45. The number of hydrogen-bond acceptors (Lipinski definition) is 3. The van der Waals surface area contributed by atoms with Crippen LogP contribution in [0, 0.1) is 0 Å². The first-order chi connectivity index (χ1) is 10.2. The normalized spacial score (nSPS) is 16.1. The third-order valence-electron chi connectivity index (χ3n) is 3.89. The number of hydrogen-bond donors (Lipinski definition) is 0. The minimum absolute atomic E-state index is 0.0945. The number of aryl methyl sites for hydroxylation is 1. The molecule has 0 fully saturated rings. The third kappa shape index (κ3) is 1.91. The van der Waals surface area contributed by atoms with E-state index < -0.39 is 0 Å². The van der Waals surface area contributed by atoms with Crippen molar-refractivity contribution in [1.29, 1.82) is 0 Å². The maximum atomic E-state index is 12.0. The molecule has 0 unspecified atom stereocenters. The number of ether oxygens (including phenoxy) is 1. The Kier molecular flexibility index (Phi) is 2.57. The Balaban J connectivity index is 1.76. The highest BCUT2D eigenvalue weighted by Crippen LogP contribution is 2.40. The highest BCUT2D eigenvalue weighted by atomic mass is 16.5. The zero-order valence-electron chi connectivity index (χ0n) is 11.3. The Morgan fingerprint density at radius 3 is 2.43 bits per heavy atom. The van der Waals surface area contributed by atoms with Crippen LogP contribution in [0.5, 0.6) is 11.5 Å². The Morgan fingerprint density at radius 1 is 0.857 bits per heavy atom. The predicted octanol–water partition coefficient (Wildman–Crippen LogP) is 2.84. The van der Waals surface area contributed by atoms with E-state index in [0.29, 0.717) is 12.8 Å². The van der Waals surface area contributed by atoms with Gasteiger partial charge in [0.05, 0.1) is 12.1 Å². The van der Waals surface area contributed by atoms with Gasteiger partial charge in [0.1, 0.15) is 11.5 Å². The van der Waals surface area contributed by atoms with E-state index >= 15 is 0 Å². The molecule has 104 valence electrons. The first-order valence-electron chi connectivity index (χ1n) is 6.97. The molecule has 2 aromatic carbocycles. The molecule has 4 heteroatoms. The molecule has 21 heavy (non-hydrogen) atoms. The van der Waals surface area contributed by atoms with Crippen LogP contribution in [-0.4, -0.2) is 11.8 Å². The van der Waals surface area contributed by atoms with Gasteiger partial charge in [-0.25, -0.2) is 4.90 Å². The number of amides is 2. The lowest BCUT2D eigenvalue weighted by molar-refractivity contribution is -0.125. The van der Waals surface area contributed by atoms with Gasteiger partial charge >= 0.3 is 0 Å². The molecule has 2 aliphatic heterocycles. The number of para-hydroxylation sites is 1. The van der Waals surface area contributed by atoms with Crippen LogP contribution in [0.1, 0.15) is 17.5 Å². The molecule has 0 aliphatic carbocycles. The summed E-state index contributed by atoms with van der Waals surface area (Å²) in [6.07, 6.45) is 1.32. The van der Waals surface area contributed by atoms with Crippen LogP contribution < -0.4 is 9.64 Å². The molecule has 0 aromatic heterocycles. The maximum absolute atomic E-state index is 12.0. The molecule has 0 N–H and O–H groups in total. The molecule has 0 spiro atoms. The fraction of sp³-hybridized carbons (Fsp3) is 0.176. The first-order valence-corrected chi connectivity index (χ1v) is 6.97. The number of imide groups is 1. The SMILES string of the molecule is O=C1CCc2cc(Oc3ccccc3)cc3c2N1C(=O)C3. The van der Waals surface area contributed by atoms with Crippen molar-refractivity contribution in [2.75, 3.05) is 4.90 Å². The maximum Gasteiger partial charge on any atom is 0.238 e. The summed E-state index contributed by atoms with van der Waals surface area (Å²) in [6, 6.07) is 13.3. The van der Waals surface area contributed by atoms with Crippen LogP contribution in [-0.2, 0) is 22.4 Å². The van der Waals surface area contributed by atoms with Gasteiger partial charge in [-0.1, -0.05) is 18.2 Å². The van der Waals surface area contributed by atoms with Gasteiger partial charge in [-0.2, -0.15) is 0 Å². The monoisotopic (exact) mass is 279 g/mol. The average molecular weight is 279 g/mol. The van der Waals surface area contributed by atoms with Crippen molar-refractivity contribution in [2.45, 2.75) is 19.3 Å². The number of nitrogens with zero attached hydrogens (tertiary/aromatic N) is 1. The minimum Gasteiger partial charge on any atom is -0.457 e. The quantitative estimate of drug-likeness (QED) is 0.794. The molecular formula is C17H13NO3.